The van der Waals surface area contributed by atoms with E-state index in [-0.39, 0.29) is 16.9 Å². The molecule has 0 aliphatic carbocycles. The molecule has 1 aliphatic rings. The highest BCUT2D eigenvalue weighted by Gasteiger charge is 2.35. The second-order valence-electron chi connectivity index (χ2n) is 8.24. The van der Waals surface area contributed by atoms with Crippen LogP contribution in [-0.4, -0.2) is 33.9 Å². The number of rotatable bonds is 4. The van der Waals surface area contributed by atoms with Crippen LogP contribution in [0.2, 0.25) is 0 Å². The van der Waals surface area contributed by atoms with Gasteiger partial charge in [-0.15, -0.1) is 0 Å². The summed E-state index contributed by atoms with van der Waals surface area (Å²) >= 11 is 0. The number of halogens is 1. The van der Waals surface area contributed by atoms with Crippen LogP contribution in [0.25, 0.3) is 6.08 Å². The number of imide groups is 1. The summed E-state index contributed by atoms with van der Waals surface area (Å²) in [6.45, 7) is 9.67. The zero-order valence-corrected chi connectivity index (χ0v) is 17.7. The first-order chi connectivity index (χ1) is 14.0. The number of hydrogen-bond donors (Lipinski definition) is 2. The smallest absolute Gasteiger partial charge is 0.329 e. The molecule has 0 radical (unpaired) electrons. The summed E-state index contributed by atoms with van der Waals surface area (Å²) in [7, 11) is 0. The van der Waals surface area contributed by atoms with Gasteiger partial charge in [-0.1, -0.05) is 12.1 Å². The summed E-state index contributed by atoms with van der Waals surface area (Å²) < 4.78 is 15.8. The van der Waals surface area contributed by atoms with Crippen LogP contribution in [0.5, 0.6) is 0 Å². The van der Waals surface area contributed by atoms with Gasteiger partial charge in [-0.25, -0.2) is 14.1 Å². The number of nitrogens with one attached hydrogen (secondary N) is 2. The topological polar surface area (TPSA) is 83.4 Å². The van der Waals surface area contributed by atoms with Gasteiger partial charge in [0.15, 0.2) is 0 Å². The van der Waals surface area contributed by atoms with Crippen LogP contribution in [-0.2, 0) is 15.1 Å². The van der Waals surface area contributed by atoms with Gasteiger partial charge in [0.05, 0.1) is 5.69 Å². The van der Waals surface area contributed by atoms with E-state index < -0.39 is 30.2 Å². The number of carbonyl (C=O) groups is 3. The summed E-state index contributed by atoms with van der Waals surface area (Å²) in [4.78, 5) is 38.0. The number of hydrogen-bond acceptors (Lipinski definition) is 3. The van der Waals surface area contributed by atoms with Crippen LogP contribution >= 0.6 is 0 Å². The highest BCUT2D eigenvalue weighted by atomic mass is 19.1. The fourth-order valence-electron chi connectivity index (χ4n) is 3.73. The highest BCUT2D eigenvalue weighted by molar-refractivity contribution is 6.16. The normalized spacial score (nSPS) is 15.7. The largest absolute Gasteiger partial charge is 0.343 e. The van der Waals surface area contributed by atoms with Crippen LogP contribution in [0.4, 0.5) is 14.9 Å². The zero-order chi connectivity index (χ0) is 22.2. The molecule has 2 heterocycles. The Hall–Kier alpha value is -3.42. The summed E-state index contributed by atoms with van der Waals surface area (Å²) in [5.41, 5.74) is 2.75. The third-order valence-corrected chi connectivity index (χ3v) is 4.85. The van der Waals surface area contributed by atoms with Crippen molar-refractivity contribution in [1.82, 2.24) is 14.8 Å². The van der Waals surface area contributed by atoms with E-state index in [9.17, 15) is 18.8 Å². The third kappa shape index (κ3) is 4.12. The summed E-state index contributed by atoms with van der Waals surface area (Å²) in [5, 5.41) is 4.88. The van der Waals surface area contributed by atoms with Gasteiger partial charge >= 0.3 is 6.03 Å². The van der Waals surface area contributed by atoms with E-state index in [1.807, 2.05) is 19.9 Å². The number of urea groups is 1. The molecule has 2 aromatic rings. The number of aryl methyl sites for hydroxylation is 1. The second-order valence-corrected chi connectivity index (χ2v) is 8.24. The highest BCUT2D eigenvalue weighted by Crippen LogP contribution is 2.26. The monoisotopic (exact) mass is 412 g/mol. The average molecular weight is 412 g/mol. The molecule has 2 N–H and O–H groups in total. The minimum atomic E-state index is -0.695. The van der Waals surface area contributed by atoms with Crippen LogP contribution in [0.1, 0.15) is 37.7 Å². The number of para-hydroxylation sites is 1. The average Bonchev–Trinajstić information content (AvgIpc) is 3.06. The minimum Gasteiger partial charge on any atom is -0.343 e. The van der Waals surface area contributed by atoms with Crippen molar-refractivity contribution in [3.05, 3.63) is 58.8 Å². The zero-order valence-electron chi connectivity index (χ0n) is 17.7. The van der Waals surface area contributed by atoms with Crippen molar-refractivity contribution in [3.63, 3.8) is 0 Å². The molecule has 7 nitrogen and oxygen atoms in total. The van der Waals surface area contributed by atoms with E-state index in [4.69, 9.17) is 0 Å². The quantitative estimate of drug-likeness (QED) is 0.595. The van der Waals surface area contributed by atoms with Gasteiger partial charge in [-0.3, -0.25) is 9.59 Å². The Morgan fingerprint density at radius 3 is 2.47 bits per heavy atom. The Morgan fingerprint density at radius 1 is 1.20 bits per heavy atom. The van der Waals surface area contributed by atoms with Crippen LogP contribution < -0.4 is 10.6 Å². The predicted octanol–water partition coefficient (Wildman–Crippen LogP) is 3.53. The predicted molar refractivity (Wildman–Crippen MR) is 112 cm³/mol. The number of nitrogens with zero attached hydrogens (tertiary/aromatic N) is 2. The lowest BCUT2D eigenvalue weighted by Gasteiger charge is -2.25. The van der Waals surface area contributed by atoms with Crippen LogP contribution in [0.15, 0.2) is 36.0 Å². The Labute approximate surface area is 174 Å². The molecule has 1 fully saturated rings. The SMILES string of the molecule is Cc1cc(/C=C2/NC(=O)N(CC(=O)Nc3ccccc3F)C2=O)c(C)n1C(C)(C)C. The van der Waals surface area contributed by atoms with Gasteiger partial charge in [0.2, 0.25) is 5.91 Å². The van der Waals surface area contributed by atoms with E-state index in [0.717, 1.165) is 21.9 Å². The van der Waals surface area contributed by atoms with E-state index in [0.29, 0.717) is 0 Å². The van der Waals surface area contributed by atoms with Crippen LogP contribution in [0, 0.1) is 19.7 Å². The number of carbonyl (C=O) groups excluding carboxylic acids is 3. The fraction of sp³-hybridized carbons (Fsp3) is 0.318. The first kappa shape index (κ1) is 21.3. The maximum Gasteiger partial charge on any atom is 0.329 e. The first-order valence-electron chi connectivity index (χ1n) is 9.57. The molecule has 0 unspecified atom stereocenters. The minimum absolute atomic E-state index is 0.0139. The lowest BCUT2D eigenvalue weighted by Crippen LogP contribution is -2.38. The molecule has 1 saturated heterocycles. The van der Waals surface area contributed by atoms with Crippen molar-refractivity contribution in [2.75, 3.05) is 11.9 Å². The molecule has 30 heavy (non-hydrogen) atoms. The van der Waals surface area contributed by atoms with Crippen molar-refractivity contribution < 1.29 is 18.8 Å². The number of amides is 4. The van der Waals surface area contributed by atoms with Gasteiger partial charge < -0.3 is 15.2 Å². The van der Waals surface area contributed by atoms with Crippen molar-refractivity contribution in [2.45, 2.75) is 40.2 Å². The van der Waals surface area contributed by atoms with Crippen molar-refractivity contribution in [1.29, 1.82) is 0 Å². The third-order valence-electron chi connectivity index (χ3n) is 4.85. The Balaban J connectivity index is 1.78. The van der Waals surface area contributed by atoms with E-state index in [1.165, 1.54) is 18.2 Å². The standard InChI is InChI=1S/C22H25FN4O3/c1-13-10-15(14(2)27(13)22(3,4)5)11-18-20(29)26(21(30)25-18)12-19(28)24-17-9-7-6-8-16(17)23/h6-11H,12H2,1-5H3,(H,24,28)(H,25,30)/b18-11+. The Bertz CT molecular complexity index is 1060. The molecule has 1 aromatic heterocycles. The molecule has 3 rings (SSSR count). The molecular formula is C22H25FN4O3. The molecule has 0 saturated carbocycles. The maximum absolute atomic E-state index is 13.7. The van der Waals surface area contributed by atoms with Crippen molar-refractivity contribution in [3.8, 4) is 0 Å². The molecule has 0 atom stereocenters. The molecule has 1 aromatic carbocycles. The number of anilines is 1. The molecule has 0 bridgehead atoms. The molecule has 8 heteroatoms. The number of benzene rings is 1. The summed E-state index contributed by atoms with van der Waals surface area (Å²) in [6.07, 6.45) is 1.61. The number of aromatic nitrogens is 1. The summed E-state index contributed by atoms with van der Waals surface area (Å²) in [5.74, 6) is -1.88. The van der Waals surface area contributed by atoms with Gasteiger partial charge in [-0.2, -0.15) is 0 Å². The van der Waals surface area contributed by atoms with Crippen molar-refractivity contribution >= 4 is 29.6 Å². The Kier molecular flexibility index (Phi) is 5.52. The molecule has 158 valence electrons. The fourth-order valence-corrected chi connectivity index (χ4v) is 3.73. The van der Waals surface area contributed by atoms with E-state index in [1.54, 1.807) is 12.1 Å². The molecule has 1 aliphatic heterocycles. The lowest BCUT2D eigenvalue weighted by molar-refractivity contribution is -0.127. The van der Waals surface area contributed by atoms with Gasteiger partial charge in [-0.05, 0) is 64.5 Å². The van der Waals surface area contributed by atoms with Gasteiger partial charge in [0, 0.05) is 16.9 Å². The summed E-state index contributed by atoms with van der Waals surface area (Å²) in [6, 6.07) is 6.92. The first-order valence-corrected chi connectivity index (χ1v) is 9.57. The molecule has 4 amide bonds. The van der Waals surface area contributed by atoms with E-state index in [2.05, 4.69) is 36.0 Å². The van der Waals surface area contributed by atoms with Gasteiger partial charge in [0.25, 0.3) is 5.91 Å². The molecule has 0 spiro atoms. The van der Waals surface area contributed by atoms with Crippen molar-refractivity contribution in [2.24, 2.45) is 0 Å². The van der Waals surface area contributed by atoms with Gasteiger partial charge in [0.1, 0.15) is 18.1 Å². The maximum atomic E-state index is 13.7. The Morgan fingerprint density at radius 2 is 1.87 bits per heavy atom. The van der Waals surface area contributed by atoms with Crippen LogP contribution in [0.3, 0.4) is 0 Å². The lowest BCUT2D eigenvalue weighted by atomic mass is 10.1. The molecular weight excluding hydrogens is 387 g/mol. The second kappa shape index (κ2) is 7.78. The van der Waals surface area contributed by atoms with E-state index >= 15 is 0 Å².